The summed E-state index contributed by atoms with van der Waals surface area (Å²) in [6.45, 7) is 11.3. The van der Waals surface area contributed by atoms with Crippen LogP contribution in [0.2, 0.25) is 0 Å². The molecule has 2 rings (SSSR count). The van der Waals surface area contributed by atoms with Crippen LogP contribution < -0.4 is 5.32 Å². The van der Waals surface area contributed by atoms with Crippen LogP contribution >= 0.6 is 0 Å². The summed E-state index contributed by atoms with van der Waals surface area (Å²) in [4.78, 5) is 28.2. The maximum Gasteiger partial charge on any atom is 0.317 e. The Bertz CT molecular complexity index is 458. The molecule has 2 amide bonds. The van der Waals surface area contributed by atoms with Crippen molar-refractivity contribution in [2.45, 2.75) is 65.5 Å². The number of rotatable bonds is 7. The van der Waals surface area contributed by atoms with E-state index in [1.165, 1.54) is 0 Å². The average Bonchev–Trinajstić information content (AvgIpc) is 3.03. The second-order valence-electron chi connectivity index (χ2n) is 7.94. The summed E-state index contributed by atoms with van der Waals surface area (Å²) >= 11 is 0. The molecule has 1 saturated carbocycles. The molecular formula is C18H33N3O3. The Kier molecular flexibility index (Phi) is 6.12. The summed E-state index contributed by atoms with van der Waals surface area (Å²) in [5.41, 5.74) is -0.691. The zero-order chi connectivity index (χ0) is 17.9. The van der Waals surface area contributed by atoms with Crippen molar-refractivity contribution in [1.82, 2.24) is 15.1 Å². The quantitative estimate of drug-likeness (QED) is 0.699. The van der Waals surface area contributed by atoms with E-state index in [9.17, 15) is 14.7 Å². The van der Waals surface area contributed by atoms with Crippen LogP contribution in [-0.2, 0) is 4.79 Å². The van der Waals surface area contributed by atoms with Crippen LogP contribution in [0.3, 0.4) is 0 Å². The third-order valence-electron chi connectivity index (χ3n) is 5.78. The topological polar surface area (TPSA) is 72.9 Å². The Morgan fingerprint density at radius 3 is 2.50 bits per heavy atom. The molecule has 0 unspecified atom stereocenters. The van der Waals surface area contributed by atoms with Crippen molar-refractivity contribution in [2.24, 2.45) is 11.3 Å². The van der Waals surface area contributed by atoms with Gasteiger partial charge in [0, 0.05) is 38.3 Å². The molecule has 1 heterocycles. The maximum atomic E-state index is 12.4. The first kappa shape index (κ1) is 19.0. The molecule has 2 N–H and O–H groups in total. The molecule has 0 aromatic heterocycles. The number of carboxylic acid groups (broad SMARTS) is 1. The summed E-state index contributed by atoms with van der Waals surface area (Å²) < 4.78 is 0. The minimum absolute atomic E-state index is 0.106. The fraction of sp³-hybridized carbons (Fsp3) is 0.889. The van der Waals surface area contributed by atoms with Gasteiger partial charge in [-0.3, -0.25) is 9.69 Å². The summed E-state index contributed by atoms with van der Waals surface area (Å²) in [5.74, 6) is -0.608. The number of nitrogens with one attached hydrogen (secondary N) is 1. The Labute approximate surface area is 145 Å². The summed E-state index contributed by atoms with van der Waals surface area (Å²) in [5, 5.41) is 12.6. The first-order chi connectivity index (χ1) is 11.3. The zero-order valence-electron chi connectivity index (χ0n) is 15.5. The number of carbonyl (C=O) groups is 2. The summed E-state index contributed by atoms with van der Waals surface area (Å²) in [6, 6.07) is 0.883. The van der Waals surface area contributed by atoms with Gasteiger partial charge in [-0.25, -0.2) is 4.79 Å². The Morgan fingerprint density at radius 2 is 1.96 bits per heavy atom. The van der Waals surface area contributed by atoms with Gasteiger partial charge in [-0.1, -0.05) is 6.42 Å². The molecule has 0 aromatic rings. The van der Waals surface area contributed by atoms with Gasteiger partial charge in [0.25, 0.3) is 0 Å². The predicted octanol–water partition coefficient (Wildman–Crippen LogP) is 2.39. The van der Waals surface area contributed by atoms with Gasteiger partial charge >= 0.3 is 12.0 Å². The van der Waals surface area contributed by atoms with Gasteiger partial charge in [-0.15, -0.1) is 0 Å². The van der Waals surface area contributed by atoms with Gasteiger partial charge in [0.1, 0.15) is 0 Å². The molecule has 2 aliphatic rings. The average molecular weight is 339 g/mol. The van der Waals surface area contributed by atoms with Gasteiger partial charge in [0.2, 0.25) is 0 Å². The van der Waals surface area contributed by atoms with Crippen molar-refractivity contribution < 1.29 is 14.7 Å². The Balaban J connectivity index is 1.77. The van der Waals surface area contributed by atoms with Crippen molar-refractivity contribution in [3.63, 3.8) is 0 Å². The van der Waals surface area contributed by atoms with Gasteiger partial charge in [-0.2, -0.15) is 0 Å². The number of carbonyl (C=O) groups excluding carboxylic acids is 1. The molecule has 1 saturated heterocycles. The monoisotopic (exact) mass is 339 g/mol. The number of likely N-dealkylation sites (tertiary alicyclic amines) is 1. The molecule has 2 fully saturated rings. The minimum atomic E-state index is -0.732. The molecule has 0 radical (unpaired) electrons. The van der Waals surface area contributed by atoms with Crippen molar-refractivity contribution in [3.05, 3.63) is 0 Å². The van der Waals surface area contributed by atoms with Crippen LogP contribution in [0.5, 0.6) is 0 Å². The highest BCUT2D eigenvalue weighted by Crippen LogP contribution is 2.48. The maximum absolute atomic E-state index is 12.4. The highest BCUT2D eigenvalue weighted by atomic mass is 16.4. The molecule has 6 nitrogen and oxygen atoms in total. The van der Waals surface area contributed by atoms with E-state index in [2.05, 4.69) is 37.9 Å². The number of carboxylic acids is 1. The van der Waals surface area contributed by atoms with Crippen LogP contribution in [0.4, 0.5) is 4.79 Å². The lowest BCUT2D eigenvalue weighted by Gasteiger charge is -2.30. The van der Waals surface area contributed by atoms with E-state index in [4.69, 9.17) is 0 Å². The smallest absolute Gasteiger partial charge is 0.317 e. The highest BCUT2D eigenvalue weighted by Gasteiger charge is 2.55. The molecule has 138 valence electrons. The molecule has 2 atom stereocenters. The van der Waals surface area contributed by atoms with E-state index in [1.54, 1.807) is 4.90 Å². The van der Waals surface area contributed by atoms with E-state index in [1.807, 2.05) is 0 Å². The second-order valence-corrected chi connectivity index (χ2v) is 7.94. The number of hydrogen-bond donors (Lipinski definition) is 2. The second kappa shape index (κ2) is 7.72. The SMILES string of the molecule is CC(C)N(CCCNC(=O)N1C[C@@H]2CCC[C@@]2(C(=O)O)C1)C(C)C. The van der Waals surface area contributed by atoms with E-state index in [-0.39, 0.29) is 11.9 Å². The number of urea groups is 1. The van der Waals surface area contributed by atoms with Gasteiger partial charge in [0.15, 0.2) is 0 Å². The predicted molar refractivity (Wildman–Crippen MR) is 94.0 cm³/mol. The lowest BCUT2D eigenvalue weighted by molar-refractivity contribution is -0.149. The Hall–Kier alpha value is -1.30. The number of amides is 2. The molecule has 0 spiro atoms. The minimum Gasteiger partial charge on any atom is -0.481 e. The molecular weight excluding hydrogens is 306 g/mol. The van der Waals surface area contributed by atoms with Crippen molar-refractivity contribution in [1.29, 1.82) is 0 Å². The van der Waals surface area contributed by atoms with Gasteiger partial charge < -0.3 is 15.3 Å². The van der Waals surface area contributed by atoms with Crippen molar-refractivity contribution in [3.8, 4) is 0 Å². The molecule has 6 heteroatoms. The number of hydrogen-bond acceptors (Lipinski definition) is 3. The fourth-order valence-corrected chi connectivity index (χ4v) is 4.48. The van der Waals surface area contributed by atoms with Gasteiger partial charge in [-0.05, 0) is 52.9 Å². The lowest BCUT2D eigenvalue weighted by atomic mass is 9.81. The molecule has 24 heavy (non-hydrogen) atoms. The van der Waals surface area contributed by atoms with E-state index in [0.717, 1.165) is 25.8 Å². The molecule has 0 bridgehead atoms. The van der Waals surface area contributed by atoms with E-state index >= 15 is 0 Å². The number of nitrogens with zero attached hydrogens (tertiary/aromatic N) is 2. The first-order valence-electron chi connectivity index (χ1n) is 9.30. The molecule has 1 aliphatic heterocycles. The van der Waals surface area contributed by atoms with Crippen LogP contribution in [0, 0.1) is 11.3 Å². The van der Waals surface area contributed by atoms with Crippen LogP contribution in [0.25, 0.3) is 0 Å². The van der Waals surface area contributed by atoms with E-state index < -0.39 is 11.4 Å². The molecule has 0 aromatic carbocycles. The van der Waals surface area contributed by atoms with Crippen molar-refractivity contribution in [2.75, 3.05) is 26.2 Å². The van der Waals surface area contributed by atoms with Crippen LogP contribution in [0.1, 0.15) is 53.4 Å². The number of aliphatic carboxylic acids is 1. The summed E-state index contributed by atoms with van der Waals surface area (Å²) in [6.07, 6.45) is 3.50. The number of fused-ring (bicyclic) bond motifs is 1. The fourth-order valence-electron chi connectivity index (χ4n) is 4.48. The standard InChI is InChI=1S/C18H33N3O3/c1-13(2)21(14(3)4)10-6-9-19-17(24)20-11-15-7-5-8-18(15,12-20)16(22)23/h13-15H,5-12H2,1-4H3,(H,19,24)(H,22,23)/t15-,18+/m0/s1. The third kappa shape index (κ3) is 3.85. The van der Waals surface area contributed by atoms with Crippen LogP contribution in [0.15, 0.2) is 0 Å². The van der Waals surface area contributed by atoms with Crippen LogP contribution in [-0.4, -0.2) is 65.2 Å². The Morgan fingerprint density at radius 1 is 1.29 bits per heavy atom. The van der Waals surface area contributed by atoms with Gasteiger partial charge in [0.05, 0.1) is 5.41 Å². The third-order valence-corrected chi connectivity index (χ3v) is 5.78. The normalized spacial score (nSPS) is 26.5. The first-order valence-corrected chi connectivity index (χ1v) is 9.30. The molecule has 1 aliphatic carbocycles. The highest BCUT2D eigenvalue weighted by molar-refractivity contribution is 5.80. The van der Waals surface area contributed by atoms with Crippen molar-refractivity contribution >= 4 is 12.0 Å². The lowest BCUT2D eigenvalue weighted by Crippen LogP contribution is -2.43. The van der Waals surface area contributed by atoms with E-state index in [0.29, 0.717) is 38.1 Å². The zero-order valence-corrected chi connectivity index (χ0v) is 15.5. The summed E-state index contributed by atoms with van der Waals surface area (Å²) in [7, 11) is 0. The largest absolute Gasteiger partial charge is 0.481 e.